The summed E-state index contributed by atoms with van der Waals surface area (Å²) in [4.78, 5) is 24.4. The first-order valence-corrected chi connectivity index (χ1v) is 13.2. The van der Waals surface area contributed by atoms with Crippen LogP contribution in [0.15, 0.2) is 6.07 Å². The van der Waals surface area contributed by atoms with E-state index in [0.717, 1.165) is 70.3 Å². The fourth-order valence-corrected chi connectivity index (χ4v) is 7.13. The molecule has 2 amide bonds. The van der Waals surface area contributed by atoms with Crippen molar-refractivity contribution in [2.24, 2.45) is 17.9 Å². The summed E-state index contributed by atoms with van der Waals surface area (Å²) in [6.45, 7) is 6.87. The molecule has 9 nitrogen and oxygen atoms in total. The molecule has 34 heavy (non-hydrogen) atoms. The second-order valence-electron chi connectivity index (χ2n) is 12.6. The lowest BCUT2D eigenvalue weighted by Gasteiger charge is -2.63. The highest BCUT2D eigenvalue weighted by atomic mass is 16.2. The fraction of sp³-hybridized carbons (Fsp3) is 0.760. The minimum atomic E-state index is 0.257. The predicted octanol–water partition coefficient (Wildman–Crippen LogP) is 2.41. The Bertz CT molecular complexity index is 1130. The van der Waals surface area contributed by atoms with Gasteiger partial charge in [-0.3, -0.25) is 14.7 Å². The zero-order valence-electron chi connectivity index (χ0n) is 20.0. The van der Waals surface area contributed by atoms with E-state index in [2.05, 4.69) is 42.7 Å². The Morgan fingerprint density at radius 1 is 0.971 bits per heavy atom. The van der Waals surface area contributed by atoms with Gasteiger partial charge in [-0.25, -0.2) is 9.78 Å². The molecule has 8 rings (SSSR count). The molecule has 3 saturated carbocycles. The number of nitrogens with zero attached hydrogens (tertiary/aromatic N) is 7. The molecule has 6 aliphatic rings. The second kappa shape index (κ2) is 6.62. The molecule has 0 atom stereocenters. The van der Waals surface area contributed by atoms with Crippen LogP contribution in [-0.4, -0.2) is 85.0 Å². The number of likely N-dealkylation sites (tertiary alicyclic amines) is 3. The second-order valence-corrected chi connectivity index (χ2v) is 12.6. The number of hydrogen-bond donors (Lipinski definition) is 1. The Morgan fingerprint density at radius 2 is 1.65 bits per heavy atom. The van der Waals surface area contributed by atoms with Crippen LogP contribution in [0.3, 0.4) is 0 Å². The number of H-pyrrole nitrogens is 1. The third-order valence-electron chi connectivity index (χ3n) is 9.35. The number of amides is 2. The van der Waals surface area contributed by atoms with Crippen molar-refractivity contribution in [2.75, 3.05) is 39.3 Å². The summed E-state index contributed by atoms with van der Waals surface area (Å²) in [7, 11) is 2.07. The molecule has 3 aliphatic carbocycles. The third-order valence-corrected chi connectivity index (χ3v) is 9.35. The highest BCUT2D eigenvalue weighted by Gasteiger charge is 2.58. The van der Waals surface area contributed by atoms with E-state index in [1.807, 2.05) is 0 Å². The van der Waals surface area contributed by atoms with E-state index in [9.17, 15) is 4.79 Å². The molecule has 2 aromatic rings. The SMILES string of the molecule is Cn1nc(C2CC2)cc1CN1CC2(C1)CN(C(=O)N1CC3(CC(c4n[nH]c(C5CC5)n4)C3)C1)C2. The average molecular weight is 463 g/mol. The van der Waals surface area contributed by atoms with Crippen molar-refractivity contribution in [2.45, 2.75) is 62.8 Å². The number of carbonyl (C=O) groups excluding carboxylic acids is 1. The molecule has 1 N–H and O–H groups in total. The summed E-state index contributed by atoms with van der Waals surface area (Å²) in [5, 5.41) is 12.3. The molecule has 0 aromatic carbocycles. The van der Waals surface area contributed by atoms with Crippen LogP contribution in [0, 0.1) is 10.8 Å². The third kappa shape index (κ3) is 3.08. The van der Waals surface area contributed by atoms with Crippen LogP contribution in [0.2, 0.25) is 0 Å². The molecule has 2 spiro atoms. The molecule has 9 heteroatoms. The minimum Gasteiger partial charge on any atom is -0.323 e. The molecular formula is C25H34N8O. The van der Waals surface area contributed by atoms with E-state index in [4.69, 9.17) is 10.1 Å². The molecule has 0 bridgehead atoms. The van der Waals surface area contributed by atoms with Gasteiger partial charge in [0.05, 0.1) is 11.4 Å². The van der Waals surface area contributed by atoms with Gasteiger partial charge in [0.15, 0.2) is 5.82 Å². The van der Waals surface area contributed by atoms with Crippen LogP contribution in [-0.2, 0) is 13.6 Å². The molecule has 2 aromatic heterocycles. The van der Waals surface area contributed by atoms with Crippen LogP contribution in [0.1, 0.15) is 79.3 Å². The zero-order valence-corrected chi connectivity index (χ0v) is 20.0. The van der Waals surface area contributed by atoms with Gasteiger partial charge in [-0.1, -0.05) is 0 Å². The first-order valence-electron chi connectivity index (χ1n) is 13.2. The van der Waals surface area contributed by atoms with Crippen LogP contribution in [0.4, 0.5) is 4.79 Å². The molecular weight excluding hydrogens is 428 g/mol. The number of carbonyl (C=O) groups is 1. The maximum atomic E-state index is 13.0. The van der Waals surface area contributed by atoms with E-state index in [1.54, 1.807) is 0 Å². The highest BCUT2D eigenvalue weighted by Crippen LogP contribution is 2.56. The lowest BCUT2D eigenvalue weighted by atomic mass is 9.57. The number of aromatic amines is 1. The van der Waals surface area contributed by atoms with Crippen molar-refractivity contribution in [1.82, 2.24) is 39.7 Å². The number of nitrogens with one attached hydrogen (secondary N) is 1. The topological polar surface area (TPSA) is 86.2 Å². The molecule has 180 valence electrons. The van der Waals surface area contributed by atoms with Gasteiger partial charge in [-0.05, 0) is 44.6 Å². The van der Waals surface area contributed by atoms with Gasteiger partial charge >= 0.3 is 6.03 Å². The summed E-state index contributed by atoms with van der Waals surface area (Å²) < 4.78 is 2.06. The van der Waals surface area contributed by atoms with Crippen LogP contribution in [0.5, 0.6) is 0 Å². The van der Waals surface area contributed by atoms with Gasteiger partial charge in [0.2, 0.25) is 0 Å². The van der Waals surface area contributed by atoms with Gasteiger partial charge in [0.25, 0.3) is 0 Å². The Balaban J connectivity index is 0.790. The standard InChI is InChI=1S/C25H34N8O/c1-30-19(6-20(29-30)16-2-3-16)9-31-10-25(11-31)14-33(15-25)23(34)32-12-24(13-32)7-18(8-24)22-26-21(27-28-22)17-4-5-17/h6,16-18H,2-5,7-15H2,1H3,(H,26,27,28). The Hall–Kier alpha value is -2.42. The quantitative estimate of drug-likeness (QED) is 0.738. The number of aromatic nitrogens is 5. The maximum absolute atomic E-state index is 13.0. The average Bonchev–Trinajstić information content (AvgIpc) is 3.63. The van der Waals surface area contributed by atoms with E-state index in [1.165, 1.54) is 37.1 Å². The normalized spacial score (nSPS) is 27.4. The lowest BCUT2D eigenvalue weighted by molar-refractivity contribution is -0.117. The summed E-state index contributed by atoms with van der Waals surface area (Å²) >= 11 is 0. The van der Waals surface area contributed by atoms with Crippen molar-refractivity contribution < 1.29 is 4.79 Å². The van der Waals surface area contributed by atoms with Crippen molar-refractivity contribution in [1.29, 1.82) is 0 Å². The van der Waals surface area contributed by atoms with Crippen molar-refractivity contribution >= 4 is 6.03 Å². The predicted molar refractivity (Wildman–Crippen MR) is 124 cm³/mol. The number of hydrogen-bond acceptors (Lipinski definition) is 5. The number of rotatable bonds is 5. The number of aryl methyl sites for hydroxylation is 1. The van der Waals surface area contributed by atoms with E-state index in [-0.39, 0.29) is 6.03 Å². The Kier molecular flexibility index (Phi) is 3.86. The largest absolute Gasteiger partial charge is 0.323 e. The van der Waals surface area contributed by atoms with Crippen LogP contribution in [0.25, 0.3) is 0 Å². The fourth-order valence-electron chi connectivity index (χ4n) is 7.13. The minimum absolute atomic E-state index is 0.257. The van der Waals surface area contributed by atoms with E-state index >= 15 is 0 Å². The summed E-state index contributed by atoms with van der Waals surface area (Å²) in [5.41, 5.74) is 3.27. The van der Waals surface area contributed by atoms with Gasteiger partial charge in [-0.15, -0.1) is 0 Å². The molecule has 3 aliphatic heterocycles. The van der Waals surface area contributed by atoms with Gasteiger partial charge in [0, 0.05) is 81.4 Å². The van der Waals surface area contributed by atoms with Gasteiger partial charge < -0.3 is 9.80 Å². The molecule has 5 heterocycles. The number of urea groups is 1. The molecule has 3 saturated heterocycles. The van der Waals surface area contributed by atoms with Crippen molar-refractivity contribution in [3.63, 3.8) is 0 Å². The van der Waals surface area contributed by atoms with Crippen molar-refractivity contribution in [3.05, 3.63) is 29.1 Å². The highest BCUT2D eigenvalue weighted by molar-refractivity contribution is 5.77. The Labute approximate surface area is 199 Å². The van der Waals surface area contributed by atoms with Gasteiger partial charge in [-0.2, -0.15) is 10.2 Å². The Morgan fingerprint density at radius 3 is 2.32 bits per heavy atom. The summed E-state index contributed by atoms with van der Waals surface area (Å²) in [6, 6.07) is 2.56. The monoisotopic (exact) mass is 462 g/mol. The molecule has 6 fully saturated rings. The smallest absolute Gasteiger partial charge is 0.320 e. The first-order chi connectivity index (χ1) is 16.5. The zero-order chi connectivity index (χ0) is 22.7. The van der Waals surface area contributed by atoms with Crippen molar-refractivity contribution in [3.8, 4) is 0 Å². The van der Waals surface area contributed by atoms with Crippen LogP contribution < -0.4 is 0 Å². The molecule has 0 radical (unpaired) electrons. The first kappa shape index (κ1) is 19.8. The lowest BCUT2D eigenvalue weighted by Crippen LogP contribution is -2.75. The van der Waals surface area contributed by atoms with E-state index in [0.29, 0.717) is 28.6 Å². The molecule has 0 unspecified atom stereocenters. The summed E-state index contributed by atoms with van der Waals surface area (Å²) in [5.74, 6) is 3.92. The summed E-state index contributed by atoms with van der Waals surface area (Å²) in [6.07, 6.45) is 7.37. The van der Waals surface area contributed by atoms with Crippen LogP contribution >= 0.6 is 0 Å². The maximum Gasteiger partial charge on any atom is 0.320 e. The van der Waals surface area contributed by atoms with Gasteiger partial charge in [0.1, 0.15) is 5.82 Å². The van der Waals surface area contributed by atoms with E-state index < -0.39 is 0 Å².